The van der Waals surface area contributed by atoms with Crippen LogP contribution in [-0.2, 0) is 6.42 Å². The molecule has 0 amide bonds. The van der Waals surface area contributed by atoms with Crippen LogP contribution in [0.3, 0.4) is 0 Å². The Kier molecular flexibility index (Phi) is 2.48. The van der Waals surface area contributed by atoms with Gasteiger partial charge in [-0.05, 0) is 6.54 Å². The van der Waals surface area contributed by atoms with Gasteiger partial charge in [0.25, 0.3) is 0 Å². The maximum absolute atomic E-state index is 10.6. The number of H-pyrrole nitrogens is 1. The van der Waals surface area contributed by atoms with Gasteiger partial charge in [0.2, 0.25) is 0 Å². The summed E-state index contributed by atoms with van der Waals surface area (Å²) in [6.07, 6.45) is 0.636. The van der Waals surface area contributed by atoms with E-state index >= 15 is 0 Å². The van der Waals surface area contributed by atoms with E-state index in [1.165, 1.54) is 0 Å². The SMILES string of the molecule is NCCc1[nH]c(=O)sc1Cl. The molecule has 0 aliphatic rings. The lowest BCUT2D eigenvalue weighted by Gasteiger charge is -1.90. The molecule has 5 heteroatoms. The van der Waals surface area contributed by atoms with Crippen LogP contribution in [0.1, 0.15) is 5.69 Å². The number of halogens is 1. The molecule has 0 aliphatic carbocycles. The molecule has 0 spiro atoms. The molecule has 1 aromatic rings. The van der Waals surface area contributed by atoms with Crippen LogP contribution in [0.15, 0.2) is 4.79 Å². The van der Waals surface area contributed by atoms with Crippen molar-refractivity contribution < 1.29 is 0 Å². The van der Waals surface area contributed by atoms with Gasteiger partial charge in [0, 0.05) is 12.1 Å². The molecule has 0 bridgehead atoms. The third kappa shape index (κ3) is 1.59. The Hall–Kier alpha value is -0.320. The third-order valence-electron chi connectivity index (χ3n) is 1.07. The van der Waals surface area contributed by atoms with E-state index in [2.05, 4.69) is 4.98 Å². The molecule has 56 valence electrons. The lowest BCUT2D eigenvalue weighted by Crippen LogP contribution is -2.05. The molecular weight excluding hydrogens is 172 g/mol. The molecule has 3 N–H and O–H groups in total. The van der Waals surface area contributed by atoms with Crippen molar-refractivity contribution in [1.82, 2.24) is 4.98 Å². The summed E-state index contributed by atoms with van der Waals surface area (Å²) < 4.78 is 0.524. The predicted molar refractivity (Wildman–Crippen MR) is 42.7 cm³/mol. The molecule has 0 saturated heterocycles. The number of hydrogen-bond donors (Lipinski definition) is 2. The number of nitrogens with two attached hydrogens (primary N) is 1. The normalized spacial score (nSPS) is 10.2. The Morgan fingerprint density at radius 3 is 2.80 bits per heavy atom. The van der Waals surface area contributed by atoms with Crippen LogP contribution in [0.4, 0.5) is 0 Å². The minimum atomic E-state index is -0.117. The molecule has 0 saturated carbocycles. The highest BCUT2D eigenvalue weighted by Gasteiger charge is 2.02. The molecule has 0 fully saturated rings. The second-order valence-electron chi connectivity index (χ2n) is 1.81. The number of nitrogens with one attached hydrogen (secondary N) is 1. The topological polar surface area (TPSA) is 58.9 Å². The van der Waals surface area contributed by atoms with Crippen LogP contribution in [0.2, 0.25) is 4.34 Å². The van der Waals surface area contributed by atoms with Crippen molar-refractivity contribution in [3.05, 3.63) is 19.7 Å². The van der Waals surface area contributed by atoms with E-state index in [0.29, 0.717) is 17.3 Å². The molecule has 0 aromatic carbocycles. The first-order chi connectivity index (χ1) is 4.74. The smallest absolute Gasteiger partial charge is 0.306 e. The van der Waals surface area contributed by atoms with Gasteiger partial charge in [0.05, 0.1) is 0 Å². The van der Waals surface area contributed by atoms with E-state index in [1.54, 1.807) is 0 Å². The number of hydrogen-bond acceptors (Lipinski definition) is 3. The van der Waals surface area contributed by atoms with Crippen molar-refractivity contribution in [3.63, 3.8) is 0 Å². The van der Waals surface area contributed by atoms with Crippen molar-refractivity contribution in [1.29, 1.82) is 0 Å². The summed E-state index contributed by atoms with van der Waals surface area (Å²) in [5.74, 6) is 0. The minimum absolute atomic E-state index is 0.117. The van der Waals surface area contributed by atoms with Crippen molar-refractivity contribution in [2.45, 2.75) is 6.42 Å². The molecular formula is C5H7ClN2OS. The van der Waals surface area contributed by atoms with Gasteiger partial charge in [-0.25, -0.2) is 0 Å². The van der Waals surface area contributed by atoms with Gasteiger partial charge in [-0.15, -0.1) is 0 Å². The summed E-state index contributed by atoms with van der Waals surface area (Å²) in [7, 11) is 0. The highest BCUT2D eigenvalue weighted by Crippen LogP contribution is 2.15. The predicted octanol–water partition coefficient (Wildman–Crippen LogP) is 0.591. The standard InChI is InChI=1S/C5H7ClN2OS/c6-4-3(1-2-7)8-5(9)10-4/h1-2,7H2,(H,8,9). The Morgan fingerprint density at radius 1 is 1.70 bits per heavy atom. The molecule has 10 heavy (non-hydrogen) atoms. The molecule has 1 heterocycles. The van der Waals surface area contributed by atoms with Gasteiger partial charge in [-0.1, -0.05) is 22.9 Å². The van der Waals surface area contributed by atoms with E-state index in [1.807, 2.05) is 0 Å². The monoisotopic (exact) mass is 178 g/mol. The first-order valence-corrected chi connectivity index (χ1v) is 4.01. The fourth-order valence-electron chi connectivity index (χ4n) is 0.646. The maximum Gasteiger partial charge on any atom is 0.306 e. The second-order valence-corrected chi connectivity index (χ2v) is 3.39. The van der Waals surface area contributed by atoms with E-state index in [-0.39, 0.29) is 4.87 Å². The number of rotatable bonds is 2. The van der Waals surface area contributed by atoms with Crippen molar-refractivity contribution in [2.75, 3.05) is 6.54 Å². The third-order valence-corrected chi connectivity index (χ3v) is 2.24. The van der Waals surface area contributed by atoms with Gasteiger partial charge >= 0.3 is 4.87 Å². The maximum atomic E-state index is 10.6. The fourth-order valence-corrected chi connectivity index (χ4v) is 1.61. The lowest BCUT2D eigenvalue weighted by molar-refractivity contribution is 0.930. The molecule has 1 rings (SSSR count). The molecule has 0 atom stereocenters. The zero-order chi connectivity index (χ0) is 7.56. The van der Waals surface area contributed by atoms with Crippen LogP contribution in [0.25, 0.3) is 0 Å². The largest absolute Gasteiger partial charge is 0.330 e. The molecule has 0 aliphatic heterocycles. The number of thiazole rings is 1. The van der Waals surface area contributed by atoms with Crippen molar-refractivity contribution in [3.8, 4) is 0 Å². The number of aromatic nitrogens is 1. The van der Waals surface area contributed by atoms with Crippen molar-refractivity contribution >= 4 is 22.9 Å². The Labute approximate surface area is 66.8 Å². The van der Waals surface area contributed by atoms with E-state index in [4.69, 9.17) is 17.3 Å². The van der Waals surface area contributed by atoms with Gasteiger partial charge in [0.15, 0.2) is 0 Å². The van der Waals surface area contributed by atoms with Gasteiger partial charge in [0.1, 0.15) is 4.34 Å². The van der Waals surface area contributed by atoms with Crippen LogP contribution in [0, 0.1) is 0 Å². The average Bonchev–Trinajstić information content (AvgIpc) is 2.13. The first-order valence-electron chi connectivity index (χ1n) is 2.81. The zero-order valence-electron chi connectivity index (χ0n) is 5.19. The summed E-state index contributed by atoms with van der Waals surface area (Å²) >= 11 is 6.66. The zero-order valence-corrected chi connectivity index (χ0v) is 6.76. The first kappa shape index (κ1) is 7.78. The van der Waals surface area contributed by atoms with Crippen LogP contribution in [0.5, 0.6) is 0 Å². The Bertz CT molecular complexity index is 267. The lowest BCUT2D eigenvalue weighted by atomic mass is 10.3. The summed E-state index contributed by atoms with van der Waals surface area (Å²) in [5, 5.41) is 0. The van der Waals surface area contributed by atoms with E-state index in [0.717, 1.165) is 17.0 Å². The summed E-state index contributed by atoms with van der Waals surface area (Å²) in [4.78, 5) is 13.1. The van der Waals surface area contributed by atoms with Gasteiger partial charge in [-0.3, -0.25) is 4.79 Å². The number of aromatic amines is 1. The summed E-state index contributed by atoms with van der Waals surface area (Å²) in [5.41, 5.74) is 6.01. The summed E-state index contributed by atoms with van der Waals surface area (Å²) in [6.45, 7) is 0.506. The molecule has 1 aromatic heterocycles. The van der Waals surface area contributed by atoms with Crippen LogP contribution in [-0.4, -0.2) is 11.5 Å². The highest BCUT2D eigenvalue weighted by molar-refractivity contribution is 7.13. The summed E-state index contributed by atoms with van der Waals surface area (Å²) in [6, 6.07) is 0. The van der Waals surface area contributed by atoms with Gasteiger partial charge < -0.3 is 10.7 Å². The Morgan fingerprint density at radius 2 is 2.40 bits per heavy atom. The van der Waals surface area contributed by atoms with Crippen LogP contribution >= 0.6 is 22.9 Å². The quantitative estimate of drug-likeness (QED) is 0.697. The minimum Gasteiger partial charge on any atom is -0.330 e. The van der Waals surface area contributed by atoms with Gasteiger partial charge in [-0.2, -0.15) is 0 Å². The van der Waals surface area contributed by atoms with Crippen molar-refractivity contribution in [2.24, 2.45) is 5.73 Å². The molecule has 3 nitrogen and oxygen atoms in total. The van der Waals surface area contributed by atoms with Crippen LogP contribution < -0.4 is 10.6 Å². The molecule has 0 unspecified atom stereocenters. The highest BCUT2D eigenvalue weighted by atomic mass is 35.5. The fraction of sp³-hybridized carbons (Fsp3) is 0.400. The van der Waals surface area contributed by atoms with E-state index < -0.39 is 0 Å². The van der Waals surface area contributed by atoms with E-state index in [9.17, 15) is 4.79 Å². The Balaban J connectivity index is 2.92. The second kappa shape index (κ2) is 3.18. The average molecular weight is 179 g/mol. The molecule has 0 radical (unpaired) electrons.